The third kappa shape index (κ3) is 2.74. The van der Waals surface area contributed by atoms with E-state index in [1.807, 2.05) is 0 Å². The second kappa shape index (κ2) is 6.17. The van der Waals surface area contributed by atoms with Gasteiger partial charge in [-0.1, -0.05) is 11.6 Å². The first-order valence-electron chi connectivity index (χ1n) is 8.51. The van der Waals surface area contributed by atoms with Gasteiger partial charge in [0.15, 0.2) is 0 Å². The Morgan fingerprint density at radius 3 is 2.85 bits per heavy atom. The van der Waals surface area contributed by atoms with Gasteiger partial charge in [0, 0.05) is 30.8 Å². The molecule has 2 fully saturated rings. The first-order valence-corrected chi connectivity index (χ1v) is 8.51. The van der Waals surface area contributed by atoms with Crippen LogP contribution in [0, 0.1) is 21.4 Å². The van der Waals surface area contributed by atoms with Crippen LogP contribution >= 0.6 is 0 Å². The maximum Gasteiger partial charge on any atom is 0.311 e. The number of aromatic nitrogens is 2. The number of carbonyl (C=O) groups is 1. The Kier molecular flexibility index (Phi) is 3.95. The number of nitro groups is 1. The smallest absolute Gasteiger partial charge is 0.311 e. The molecule has 136 valence electrons. The molecule has 0 unspecified atom stereocenters. The Labute approximate surface area is 148 Å². The molecule has 2 aliphatic rings. The molecule has 0 radical (unpaired) electrons. The minimum atomic E-state index is -0.709. The minimum absolute atomic E-state index is 0.0000408. The van der Waals surface area contributed by atoms with Gasteiger partial charge in [0.2, 0.25) is 11.7 Å². The lowest BCUT2D eigenvalue weighted by Crippen LogP contribution is -2.35. The van der Waals surface area contributed by atoms with Crippen LogP contribution in [0.1, 0.15) is 25.2 Å². The van der Waals surface area contributed by atoms with E-state index in [2.05, 4.69) is 15.0 Å². The predicted octanol–water partition coefficient (Wildman–Crippen LogP) is 2.33. The maximum atomic E-state index is 11.7. The molecule has 1 aromatic carbocycles. The fraction of sp³-hybridized carbons (Fsp3) is 0.471. The third-order valence-corrected chi connectivity index (χ3v) is 5.53. The van der Waals surface area contributed by atoms with Gasteiger partial charge in [0.1, 0.15) is 0 Å². The van der Waals surface area contributed by atoms with Crippen molar-refractivity contribution < 1.29 is 19.3 Å². The number of fused-ring (bicyclic) bond motifs is 1. The predicted molar refractivity (Wildman–Crippen MR) is 89.1 cm³/mol. The lowest BCUT2D eigenvalue weighted by Gasteiger charge is -2.23. The molecule has 1 aliphatic heterocycles. The molecule has 1 saturated heterocycles. The van der Waals surface area contributed by atoms with E-state index in [4.69, 9.17) is 4.52 Å². The van der Waals surface area contributed by atoms with Crippen LogP contribution in [0.25, 0.3) is 11.4 Å². The summed E-state index contributed by atoms with van der Waals surface area (Å²) in [6, 6.07) is 5.94. The highest BCUT2D eigenvalue weighted by Gasteiger charge is 2.54. The van der Waals surface area contributed by atoms with E-state index in [9.17, 15) is 20.0 Å². The van der Waals surface area contributed by atoms with Gasteiger partial charge in [0.05, 0.1) is 16.9 Å². The molecular weight excluding hydrogens is 340 g/mol. The largest absolute Gasteiger partial charge is 0.481 e. The Morgan fingerprint density at radius 1 is 1.42 bits per heavy atom. The molecule has 1 aromatic heterocycles. The van der Waals surface area contributed by atoms with E-state index >= 15 is 0 Å². The van der Waals surface area contributed by atoms with E-state index < -0.39 is 16.3 Å². The zero-order valence-corrected chi connectivity index (χ0v) is 14.0. The Balaban J connectivity index is 1.46. The van der Waals surface area contributed by atoms with Gasteiger partial charge in [-0.15, -0.1) is 0 Å². The van der Waals surface area contributed by atoms with Crippen molar-refractivity contribution >= 4 is 11.7 Å². The lowest BCUT2D eigenvalue weighted by molar-refractivity contribution is -0.384. The monoisotopic (exact) mass is 358 g/mol. The summed E-state index contributed by atoms with van der Waals surface area (Å²) in [4.78, 5) is 28.4. The Bertz CT molecular complexity index is 849. The topological polar surface area (TPSA) is 123 Å². The number of hydrogen-bond donors (Lipinski definition) is 1. The van der Waals surface area contributed by atoms with Crippen LogP contribution < -0.4 is 0 Å². The molecule has 0 bridgehead atoms. The number of nitro benzene ring substituents is 1. The summed E-state index contributed by atoms with van der Waals surface area (Å²) < 4.78 is 5.29. The summed E-state index contributed by atoms with van der Waals surface area (Å²) in [7, 11) is 0. The normalized spacial score (nSPS) is 25.3. The van der Waals surface area contributed by atoms with Gasteiger partial charge < -0.3 is 9.63 Å². The molecular formula is C17H18N4O5. The highest BCUT2D eigenvalue weighted by Crippen LogP contribution is 2.49. The van der Waals surface area contributed by atoms with Gasteiger partial charge in [0.25, 0.3) is 5.69 Å². The standard InChI is InChI=1S/C17H18N4O5/c22-16(23)17-7-1-2-12(17)8-20(10-17)9-14-18-15(19-26-14)11-3-5-13(6-4-11)21(24)25/h3-6,12H,1-2,7-10H2,(H,22,23)/t12-,17+/m0/s1. The van der Waals surface area contributed by atoms with Crippen molar-refractivity contribution in [3.63, 3.8) is 0 Å². The molecule has 2 heterocycles. The van der Waals surface area contributed by atoms with Crippen molar-refractivity contribution in [2.75, 3.05) is 13.1 Å². The highest BCUT2D eigenvalue weighted by molar-refractivity contribution is 5.76. The van der Waals surface area contributed by atoms with E-state index in [1.54, 1.807) is 12.1 Å². The van der Waals surface area contributed by atoms with E-state index in [0.29, 0.717) is 30.4 Å². The van der Waals surface area contributed by atoms with Crippen LogP contribution in [0.15, 0.2) is 28.8 Å². The van der Waals surface area contributed by atoms with Crippen LogP contribution in [0.4, 0.5) is 5.69 Å². The zero-order valence-electron chi connectivity index (χ0n) is 14.0. The van der Waals surface area contributed by atoms with Crippen molar-refractivity contribution in [3.05, 3.63) is 40.3 Å². The third-order valence-electron chi connectivity index (χ3n) is 5.53. The summed E-state index contributed by atoms with van der Waals surface area (Å²) in [6.07, 6.45) is 2.64. The molecule has 2 atom stereocenters. The molecule has 0 amide bonds. The van der Waals surface area contributed by atoms with Crippen molar-refractivity contribution in [2.45, 2.75) is 25.8 Å². The number of benzene rings is 1. The number of carboxylic acid groups (broad SMARTS) is 1. The second-order valence-electron chi connectivity index (χ2n) is 7.04. The van der Waals surface area contributed by atoms with Crippen LogP contribution in [0.3, 0.4) is 0 Å². The van der Waals surface area contributed by atoms with Crippen LogP contribution in [-0.4, -0.2) is 44.1 Å². The molecule has 0 spiro atoms. The molecule has 1 aliphatic carbocycles. The van der Waals surface area contributed by atoms with E-state index in [-0.39, 0.29) is 11.6 Å². The van der Waals surface area contributed by atoms with Crippen molar-refractivity contribution in [3.8, 4) is 11.4 Å². The van der Waals surface area contributed by atoms with E-state index in [0.717, 1.165) is 25.8 Å². The summed E-state index contributed by atoms with van der Waals surface area (Å²) in [6.45, 7) is 1.63. The number of rotatable bonds is 5. The summed E-state index contributed by atoms with van der Waals surface area (Å²) in [5.74, 6) is 0.248. The molecule has 1 N–H and O–H groups in total. The molecule has 26 heavy (non-hydrogen) atoms. The van der Waals surface area contributed by atoms with Crippen molar-refractivity contribution in [2.24, 2.45) is 11.3 Å². The number of carboxylic acids is 1. The molecule has 1 saturated carbocycles. The average Bonchev–Trinajstić information content (AvgIpc) is 3.29. The SMILES string of the molecule is O=C(O)[C@@]12CCC[C@H]1CN(Cc1nc(-c3ccc([N+](=O)[O-])cc3)no1)C2. The van der Waals surface area contributed by atoms with Gasteiger partial charge in [-0.3, -0.25) is 19.8 Å². The molecule has 9 nitrogen and oxygen atoms in total. The summed E-state index contributed by atoms with van der Waals surface area (Å²) in [5, 5.41) is 24.3. The molecule has 2 aromatic rings. The number of likely N-dealkylation sites (tertiary alicyclic amines) is 1. The minimum Gasteiger partial charge on any atom is -0.481 e. The second-order valence-corrected chi connectivity index (χ2v) is 7.04. The Hall–Kier alpha value is -2.81. The summed E-state index contributed by atoms with van der Waals surface area (Å²) >= 11 is 0. The molecule has 4 rings (SSSR count). The first-order chi connectivity index (χ1) is 12.5. The van der Waals surface area contributed by atoms with E-state index in [1.165, 1.54) is 12.1 Å². The molecule has 9 heteroatoms. The quantitative estimate of drug-likeness (QED) is 0.638. The van der Waals surface area contributed by atoms with Crippen molar-refractivity contribution in [1.29, 1.82) is 0 Å². The number of nitrogens with zero attached hydrogens (tertiary/aromatic N) is 4. The summed E-state index contributed by atoms with van der Waals surface area (Å²) in [5.41, 5.74) is -0.00718. The first kappa shape index (κ1) is 16.6. The average molecular weight is 358 g/mol. The Morgan fingerprint density at radius 2 is 2.19 bits per heavy atom. The highest BCUT2D eigenvalue weighted by atomic mass is 16.6. The van der Waals surface area contributed by atoms with Crippen LogP contribution in [0.5, 0.6) is 0 Å². The van der Waals surface area contributed by atoms with Crippen LogP contribution in [-0.2, 0) is 11.3 Å². The number of non-ortho nitro benzene ring substituents is 1. The zero-order chi connectivity index (χ0) is 18.3. The van der Waals surface area contributed by atoms with Gasteiger partial charge in [-0.25, -0.2) is 0 Å². The van der Waals surface area contributed by atoms with Gasteiger partial charge in [-0.05, 0) is 30.9 Å². The van der Waals surface area contributed by atoms with Gasteiger partial charge >= 0.3 is 5.97 Å². The van der Waals surface area contributed by atoms with Crippen LogP contribution in [0.2, 0.25) is 0 Å². The van der Waals surface area contributed by atoms with Crippen molar-refractivity contribution in [1.82, 2.24) is 15.0 Å². The fourth-order valence-electron chi connectivity index (χ4n) is 4.22. The number of hydrogen-bond acceptors (Lipinski definition) is 7. The van der Waals surface area contributed by atoms with Gasteiger partial charge in [-0.2, -0.15) is 4.98 Å². The lowest BCUT2D eigenvalue weighted by atomic mass is 9.81. The fourth-order valence-corrected chi connectivity index (χ4v) is 4.22. The number of aliphatic carboxylic acids is 1. The maximum absolute atomic E-state index is 11.7.